The van der Waals surface area contributed by atoms with E-state index in [1.165, 1.54) is 5.56 Å². The second-order valence-electron chi connectivity index (χ2n) is 5.60. The molecule has 0 saturated carbocycles. The largest absolute Gasteiger partial charge is 0.486 e. The van der Waals surface area contributed by atoms with Crippen LogP contribution in [0.15, 0.2) is 43.1 Å². The van der Waals surface area contributed by atoms with E-state index in [-0.39, 0.29) is 12.4 Å². The Kier molecular flexibility index (Phi) is 4.76. The fourth-order valence-corrected chi connectivity index (χ4v) is 2.79. The first-order valence-corrected chi connectivity index (χ1v) is 7.67. The molecule has 0 spiro atoms. The van der Waals surface area contributed by atoms with Crippen LogP contribution in [0.5, 0.6) is 11.5 Å². The summed E-state index contributed by atoms with van der Waals surface area (Å²) in [5.41, 5.74) is 3.38. The average molecular weight is 347 g/mol. The van der Waals surface area contributed by atoms with Crippen molar-refractivity contribution in [1.82, 2.24) is 19.3 Å². The number of nitrogens with zero attached hydrogens (tertiary/aromatic N) is 4. The number of fused-ring (bicyclic) bond motifs is 1. The van der Waals surface area contributed by atoms with E-state index in [0.717, 1.165) is 35.7 Å². The first-order chi connectivity index (χ1) is 11.3. The summed E-state index contributed by atoms with van der Waals surface area (Å²) in [6.45, 7) is 2.09. The molecule has 0 unspecified atom stereocenters. The van der Waals surface area contributed by atoms with Gasteiger partial charge < -0.3 is 14.0 Å². The van der Waals surface area contributed by atoms with Gasteiger partial charge in [0.05, 0.1) is 24.4 Å². The van der Waals surface area contributed by atoms with Crippen LogP contribution >= 0.6 is 12.4 Å². The first-order valence-electron chi connectivity index (χ1n) is 7.67. The van der Waals surface area contributed by atoms with Gasteiger partial charge in [-0.1, -0.05) is 6.07 Å². The highest BCUT2D eigenvalue weighted by Gasteiger charge is 2.12. The lowest BCUT2D eigenvalue weighted by Gasteiger charge is -2.19. The summed E-state index contributed by atoms with van der Waals surface area (Å²) in [6, 6.07) is 6.14. The summed E-state index contributed by atoms with van der Waals surface area (Å²) in [4.78, 5) is 4.27. The highest BCUT2D eigenvalue weighted by molar-refractivity contribution is 5.85. The van der Waals surface area contributed by atoms with Crippen LogP contribution in [0.3, 0.4) is 0 Å². The van der Waals surface area contributed by atoms with E-state index < -0.39 is 0 Å². The van der Waals surface area contributed by atoms with Crippen LogP contribution in [0, 0.1) is 0 Å². The number of rotatable bonds is 4. The smallest absolute Gasteiger partial charge is 0.161 e. The molecule has 126 valence electrons. The van der Waals surface area contributed by atoms with Crippen molar-refractivity contribution in [3.05, 3.63) is 48.7 Å². The van der Waals surface area contributed by atoms with E-state index in [9.17, 15) is 0 Å². The van der Waals surface area contributed by atoms with Crippen LogP contribution in [0.1, 0.15) is 5.56 Å². The fourth-order valence-electron chi connectivity index (χ4n) is 2.79. The maximum atomic E-state index is 5.64. The third-order valence-corrected chi connectivity index (χ3v) is 3.96. The Labute approximate surface area is 146 Å². The molecule has 7 heteroatoms. The zero-order valence-corrected chi connectivity index (χ0v) is 14.2. The molecule has 0 N–H and O–H groups in total. The quantitative estimate of drug-likeness (QED) is 0.729. The van der Waals surface area contributed by atoms with Gasteiger partial charge in [-0.15, -0.1) is 12.4 Å². The zero-order chi connectivity index (χ0) is 15.6. The number of halogens is 1. The van der Waals surface area contributed by atoms with Crippen molar-refractivity contribution in [3.63, 3.8) is 0 Å². The van der Waals surface area contributed by atoms with Gasteiger partial charge in [-0.05, 0) is 24.1 Å². The predicted octanol–water partition coefficient (Wildman–Crippen LogP) is 2.72. The van der Waals surface area contributed by atoms with Crippen molar-refractivity contribution in [2.75, 3.05) is 13.2 Å². The Morgan fingerprint density at radius 1 is 1.12 bits per heavy atom. The highest BCUT2D eigenvalue weighted by atomic mass is 35.5. The Bertz CT molecular complexity index is 828. The van der Waals surface area contributed by atoms with Crippen molar-refractivity contribution in [2.45, 2.75) is 13.0 Å². The Morgan fingerprint density at radius 3 is 2.75 bits per heavy atom. The second-order valence-corrected chi connectivity index (χ2v) is 5.60. The van der Waals surface area contributed by atoms with E-state index in [1.807, 2.05) is 38.0 Å². The molecule has 3 heterocycles. The van der Waals surface area contributed by atoms with E-state index in [0.29, 0.717) is 13.2 Å². The fraction of sp³-hybridized carbons (Fsp3) is 0.294. The molecule has 0 amide bonds. The van der Waals surface area contributed by atoms with E-state index in [2.05, 4.69) is 26.8 Å². The van der Waals surface area contributed by atoms with Crippen LogP contribution in [0.4, 0.5) is 0 Å². The lowest BCUT2D eigenvalue weighted by molar-refractivity contribution is 0.171. The lowest BCUT2D eigenvalue weighted by Crippen LogP contribution is -2.15. The monoisotopic (exact) mass is 346 g/mol. The van der Waals surface area contributed by atoms with Crippen LogP contribution in [-0.4, -0.2) is 32.5 Å². The van der Waals surface area contributed by atoms with Gasteiger partial charge in [0.1, 0.15) is 13.2 Å². The third kappa shape index (κ3) is 3.23. The number of imidazole rings is 1. The molecule has 6 nitrogen and oxygen atoms in total. The third-order valence-electron chi connectivity index (χ3n) is 3.96. The van der Waals surface area contributed by atoms with Gasteiger partial charge >= 0.3 is 0 Å². The molecular weight excluding hydrogens is 328 g/mol. The standard InChI is InChI=1S/C17H18N4O2.ClH/c1-20-11-14(9-19-20)15-10-18-12-21(15)5-4-13-2-3-16-17(8-13)23-7-6-22-16;/h2-3,8-12H,4-7H2,1H3;1H. The Morgan fingerprint density at radius 2 is 1.96 bits per heavy atom. The lowest BCUT2D eigenvalue weighted by atomic mass is 10.1. The molecule has 1 aromatic carbocycles. The van der Waals surface area contributed by atoms with Gasteiger partial charge in [0.25, 0.3) is 0 Å². The van der Waals surface area contributed by atoms with Gasteiger partial charge in [-0.25, -0.2) is 4.98 Å². The minimum Gasteiger partial charge on any atom is -0.486 e. The number of benzene rings is 1. The van der Waals surface area contributed by atoms with Gasteiger partial charge in [0, 0.05) is 25.4 Å². The summed E-state index contributed by atoms with van der Waals surface area (Å²) >= 11 is 0. The molecule has 0 atom stereocenters. The summed E-state index contributed by atoms with van der Waals surface area (Å²) in [7, 11) is 1.92. The van der Waals surface area contributed by atoms with Gasteiger partial charge in [-0.3, -0.25) is 4.68 Å². The maximum absolute atomic E-state index is 5.64. The van der Waals surface area contributed by atoms with Gasteiger partial charge in [0.15, 0.2) is 11.5 Å². The molecule has 0 bridgehead atoms. The van der Waals surface area contributed by atoms with Crippen LogP contribution in [0.2, 0.25) is 0 Å². The Hall–Kier alpha value is -2.47. The summed E-state index contributed by atoms with van der Waals surface area (Å²) in [5.74, 6) is 1.67. The summed E-state index contributed by atoms with van der Waals surface area (Å²) in [5, 5.41) is 4.23. The summed E-state index contributed by atoms with van der Waals surface area (Å²) in [6.07, 6.45) is 8.50. The van der Waals surface area contributed by atoms with Crippen LogP contribution in [0.25, 0.3) is 11.3 Å². The second kappa shape index (κ2) is 6.97. The van der Waals surface area contributed by atoms with E-state index >= 15 is 0 Å². The van der Waals surface area contributed by atoms with Gasteiger partial charge in [0.2, 0.25) is 0 Å². The average Bonchev–Trinajstić information content (AvgIpc) is 3.21. The van der Waals surface area contributed by atoms with Crippen LogP contribution in [-0.2, 0) is 20.0 Å². The van der Waals surface area contributed by atoms with Crippen molar-refractivity contribution in [1.29, 1.82) is 0 Å². The topological polar surface area (TPSA) is 54.1 Å². The molecule has 4 rings (SSSR count). The molecule has 0 saturated heterocycles. The van der Waals surface area contributed by atoms with Crippen molar-refractivity contribution in [2.24, 2.45) is 7.05 Å². The first kappa shape index (κ1) is 16.4. The van der Waals surface area contributed by atoms with Crippen molar-refractivity contribution >= 4 is 12.4 Å². The molecule has 1 aliphatic rings. The van der Waals surface area contributed by atoms with E-state index in [1.54, 1.807) is 4.68 Å². The van der Waals surface area contributed by atoms with Gasteiger partial charge in [-0.2, -0.15) is 5.10 Å². The number of ether oxygens (including phenoxy) is 2. The number of hydrogen-bond acceptors (Lipinski definition) is 4. The minimum atomic E-state index is 0. The summed E-state index contributed by atoms with van der Waals surface area (Å²) < 4.78 is 15.1. The minimum absolute atomic E-state index is 0. The Balaban J connectivity index is 0.00000169. The number of aromatic nitrogens is 4. The molecule has 3 aromatic rings. The van der Waals surface area contributed by atoms with Crippen molar-refractivity contribution < 1.29 is 9.47 Å². The molecule has 0 radical (unpaired) electrons. The molecule has 2 aromatic heterocycles. The van der Waals surface area contributed by atoms with Crippen molar-refractivity contribution in [3.8, 4) is 22.8 Å². The molecule has 0 fully saturated rings. The maximum Gasteiger partial charge on any atom is 0.161 e. The molecule has 0 aliphatic carbocycles. The highest BCUT2D eigenvalue weighted by Crippen LogP contribution is 2.31. The van der Waals surface area contributed by atoms with Crippen LogP contribution < -0.4 is 9.47 Å². The SMILES string of the molecule is Cl.Cn1cc(-c2cncn2CCc2ccc3c(c2)OCCO3)cn1. The molecule has 24 heavy (non-hydrogen) atoms. The molecule has 1 aliphatic heterocycles. The van der Waals surface area contributed by atoms with E-state index in [4.69, 9.17) is 9.47 Å². The molecular formula is C17H19ClN4O2. The number of hydrogen-bond donors (Lipinski definition) is 0. The zero-order valence-electron chi connectivity index (χ0n) is 13.4. The normalized spacial score (nSPS) is 12.7. The number of aryl methyl sites for hydroxylation is 3. The predicted molar refractivity (Wildman–Crippen MR) is 92.8 cm³/mol.